The molecule has 4 atom stereocenters. The van der Waals surface area contributed by atoms with E-state index in [-0.39, 0.29) is 36.0 Å². The van der Waals surface area contributed by atoms with Crippen molar-refractivity contribution in [3.05, 3.63) is 0 Å². The van der Waals surface area contributed by atoms with Crippen molar-refractivity contribution in [2.45, 2.75) is 115 Å². The Kier molecular flexibility index (Phi) is 6.95. The summed E-state index contributed by atoms with van der Waals surface area (Å²) in [5, 5.41) is 0. The van der Waals surface area contributed by atoms with Gasteiger partial charge in [-0.05, 0) is 102 Å². The number of hydrogen-bond acceptors (Lipinski definition) is 4. The third kappa shape index (κ3) is 5.10. The first-order valence-electron chi connectivity index (χ1n) is 12.1. The molecular formula is C24H38O4. The molecule has 0 aromatic carbocycles. The first-order chi connectivity index (χ1) is 13.7. The molecule has 0 N–H and O–H groups in total. The highest BCUT2D eigenvalue weighted by Gasteiger charge is 2.41. The highest BCUT2D eigenvalue weighted by Crippen LogP contribution is 2.45. The van der Waals surface area contributed by atoms with Crippen LogP contribution in [0, 0.1) is 23.7 Å². The van der Waals surface area contributed by atoms with E-state index in [1.165, 1.54) is 38.5 Å². The van der Waals surface area contributed by atoms with Crippen LogP contribution in [-0.2, 0) is 19.1 Å². The largest absolute Gasteiger partial charge is 0.462 e. The lowest BCUT2D eigenvalue weighted by molar-refractivity contribution is -0.162. The maximum absolute atomic E-state index is 12.6. The van der Waals surface area contributed by atoms with Gasteiger partial charge in [0.2, 0.25) is 0 Å². The smallest absolute Gasteiger partial charge is 0.309 e. The molecule has 0 aliphatic heterocycles. The molecule has 0 saturated heterocycles. The van der Waals surface area contributed by atoms with E-state index in [0.717, 1.165) is 64.2 Å². The number of carbonyl (C=O) groups excluding carboxylic acids is 2. The van der Waals surface area contributed by atoms with E-state index >= 15 is 0 Å². The van der Waals surface area contributed by atoms with Crippen molar-refractivity contribution < 1.29 is 19.1 Å². The van der Waals surface area contributed by atoms with Crippen molar-refractivity contribution in [3.8, 4) is 0 Å². The lowest BCUT2D eigenvalue weighted by Crippen LogP contribution is -2.38. The predicted molar refractivity (Wildman–Crippen MR) is 108 cm³/mol. The molecule has 4 fully saturated rings. The zero-order chi connectivity index (χ0) is 19.3. The standard InChI is InChI=1S/C24H38O4/c25-23(27-21-7-3-1-4-8-21)19-13-11-18-16-20(14-12-17(18)15-19)24(26)28-22-9-5-2-6-10-22/h17-22H,1-16H2. The molecule has 4 heteroatoms. The molecule has 4 aliphatic rings. The van der Waals surface area contributed by atoms with Gasteiger partial charge < -0.3 is 9.47 Å². The first-order valence-corrected chi connectivity index (χ1v) is 12.1. The molecule has 158 valence electrons. The van der Waals surface area contributed by atoms with Crippen LogP contribution < -0.4 is 0 Å². The Bertz CT molecular complexity index is 485. The summed E-state index contributed by atoms with van der Waals surface area (Å²) in [6.07, 6.45) is 17.9. The zero-order valence-corrected chi connectivity index (χ0v) is 17.4. The molecule has 0 aromatic heterocycles. The molecule has 4 aliphatic carbocycles. The van der Waals surface area contributed by atoms with Gasteiger partial charge in [0, 0.05) is 0 Å². The fraction of sp³-hybridized carbons (Fsp3) is 0.917. The Hall–Kier alpha value is -1.06. The van der Waals surface area contributed by atoms with E-state index in [2.05, 4.69) is 0 Å². The molecule has 0 spiro atoms. The van der Waals surface area contributed by atoms with Gasteiger partial charge in [0.05, 0.1) is 11.8 Å². The minimum atomic E-state index is 0.0594. The van der Waals surface area contributed by atoms with Crippen molar-refractivity contribution in [3.63, 3.8) is 0 Å². The fourth-order valence-electron chi connectivity index (χ4n) is 6.20. The summed E-state index contributed by atoms with van der Waals surface area (Å²) >= 11 is 0. The van der Waals surface area contributed by atoms with Crippen LogP contribution in [-0.4, -0.2) is 24.1 Å². The van der Waals surface area contributed by atoms with E-state index in [1.54, 1.807) is 0 Å². The molecule has 0 heterocycles. The number of esters is 2. The molecule has 4 rings (SSSR count). The number of ether oxygens (including phenoxy) is 2. The minimum Gasteiger partial charge on any atom is -0.462 e. The van der Waals surface area contributed by atoms with Crippen LogP contribution in [0.3, 0.4) is 0 Å². The van der Waals surface area contributed by atoms with E-state index < -0.39 is 0 Å². The van der Waals surface area contributed by atoms with Gasteiger partial charge >= 0.3 is 11.9 Å². The number of rotatable bonds is 4. The summed E-state index contributed by atoms with van der Waals surface area (Å²) in [7, 11) is 0. The third-order valence-corrected chi connectivity index (χ3v) is 7.95. The Morgan fingerprint density at radius 2 is 0.893 bits per heavy atom. The van der Waals surface area contributed by atoms with Gasteiger partial charge in [-0.3, -0.25) is 9.59 Å². The quantitative estimate of drug-likeness (QED) is 0.589. The van der Waals surface area contributed by atoms with Gasteiger partial charge in [-0.2, -0.15) is 0 Å². The monoisotopic (exact) mass is 390 g/mol. The number of hydrogen-bond donors (Lipinski definition) is 0. The maximum atomic E-state index is 12.6. The van der Waals surface area contributed by atoms with Crippen molar-refractivity contribution in [1.29, 1.82) is 0 Å². The summed E-state index contributed by atoms with van der Waals surface area (Å²) in [6, 6.07) is 0. The topological polar surface area (TPSA) is 52.6 Å². The first kappa shape index (κ1) is 20.2. The molecular weight excluding hydrogens is 352 g/mol. The number of fused-ring (bicyclic) bond motifs is 1. The van der Waals surface area contributed by atoms with Crippen molar-refractivity contribution in [2.24, 2.45) is 23.7 Å². The van der Waals surface area contributed by atoms with Gasteiger partial charge in [-0.1, -0.05) is 12.8 Å². The number of carbonyl (C=O) groups is 2. The van der Waals surface area contributed by atoms with E-state index in [1.807, 2.05) is 0 Å². The molecule has 0 radical (unpaired) electrons. The fourth-order valence-corrected chi connectivity index (χ4v) is 6.20. The normalized spacial score (nSPS) is 35.0. The average molecular weight is 391 g/mol. The lowest BCUT2D eigenvalue weighted by Gasteiger charge is -2.41. The third-order valence-electron chi connectivity index (χ3n) is 7.95. The van der Waals surface area contributed by atoms with Crippen molar-refractivity contribution in [2.75, 3.05) is 0 Å². The Morgan fingerprint density at radius 1 is 0.500 bits per heavy atom. The van der Waals surface area contributed by atoms with E-state index in [9.17, 15) is 9.59 Å². The van der Waals surface area contributed by atoms with Crippen LogP contribution in [0.15, 0.2) is 0 Å². The molecule has 4 nitrogen and oxygen atoms in total. The molecule has 0 amide bonds. The molecule has 0 aromatic rings. The summed E-state index contributed by atoms with van der Waals surface area (Å²) in [6.45, 7) is 0. The van der Waals surface area contributed by atoms with Crippen LogP contribution in [0.5, 0.6) is 0 Å². The molecule has 4 unspecified atom stereocenters. The summed E-state index contributed by atoms with van der Waals surface area (Å²) in [5.74, 6) is 1.49. The lowest BCUT2D eigenvalue weighted by atomic mass is 9.65. The zero-order valence-electron chi connectivity index (χ0n) is 17.4. The second-order valence-corrected chi connectivity index (χ2v) is 9.93. The second-order valence-electron chi connectivity index (χ2n) is 9.93. The van der Waals surface area contributed by atoms with Gasteiger partial charge in [-0.25, -0.2) is 0 Å². The SMILES string of the molecule is O=C(OC1CCCCC1)C1CCC2CC(C(=O)OC3CCCCC3)CCC2C1. The predicted octanol–water partition coefficient (Wildman–Crippen LogP) is 5.57. The summed E-state index contributed by atoms with van der Waals surface area (Å²) < 4.78 is 11.7. The summed E-state index contributed by atoms with van der Waals surface area (Å²) in [4.78, 5) is 25.3. The van der Waals surface area contributed by atoms with Gasteiger partial charge in [-0.15, -0.1) is 0 Å². The van der Waals surface area contributed by atoms with Crippen LogP contribution in [0.2, 0.25) is 0 Å². The van der Waals surface area contributed by atoms with Crippen LogP contribution in [0.4, 0.5) is 0 Å². The average Bonchev–Trinajstić information content (AvgIpc) is 2.74. The van der Waals surface area contributed by atoms with Gasteiger partial charge in [0.15, 0.2) is 0 Å². The van der Waals surface area contributed by atoms with Gasteiger partial charge in [0.25, 0.3) is 0 Å². The minimum absolute atomic E-state index is 0.0594. The highest BCUT2D eigenvalue weighted by molar-refractivity contribution is 5.73. The molecule has 0 bridgehead atoms. The van der Waals surface area contributed by atoms with Crippen LogP contribution in [0.25, 0.3) is 0 Å². The van der Waals surface area contributed by atoms with Crippen LogP contribution in [0.1, 0.15) is 103 Å². The van der Waals surface area contributed by atoms with Crippen LogP contribution >= 0.6 is 0 Å². The van der Waals surface area contributed by atoms with Crippen molar-refractivity contribution >= 4 is 11.9 Å². The van der Waals surface area contributed by atoms with E-state index in [4.69, 9.17) is 9.47 Å². The van der Waals surface area contributed by atoms with Crippen molar-refractivity contribution in [1.82, 2.24) is 0 Å². The molecule has 4 saturated carbocycles. The Labute approximate surface area is 170 Å². The maximum Gasteiger partial charge on any atom is 0.309 e. The molecule has 28 heavy (non-hydrogen) atoms. The van der Waals surface area contributed by atoms with Gasteiger partial charge in [0.1, 0.15) is 12.2 Å². The second kappa shape index (κ2) is 9.63. The summed E-state index contributed by atoms with van der Waals surface area (Å²) in [5.41, 5.74) is 0. The van der Waals surface area contributed by atoms with E-state index in [0.29, 0.717) is 11.8 Å². The Balaban J connectivity index is 1.22. The highest BCUT2D eigenvalue weighted by atomic mass is 16.5. The Morgan fingerprint density at radius 3 is 1.29 bits per heavy atom.